The molecule has 1 unspecified atom stereocenters. The molecule has 3 rings (SSSR count). The van der Waals surface area contributed by atoms with Crippen molar-refractivity contribution in [1.29, 1.82) is 0 Å². The van der Waals surface area contributed by atoms with Crippen molar-refractivity contribution < 1.29 is 17.4 Å². The van der Waals surface area contributed by atoms with Gasteiger partial charge in [0.1, 0.15) is 0 Å². The van der Waals surface area contributed by atoms with Gasteiger partial charge in [-0.3, -0.25) is 4.79 Å². The monoisotopic (exact) mass is 378 g/mol. The van der Waals surface area contributed by atoms with Crippen LogP contribution in [0.1, 0.15) is 27.6 Å². The van der Waals surface area contributed by atoms with Crippen molar-refractivity contribution in [3.8, 4) is 0 Å². The Labute approximate surface area is 158 Å². The van der Waals surface area contributed by atoms with Crippen LogP contribution in [-0.4, -0.2) is 14.2 Å². The normalized spacial score (nSPS) is 12.3. The molecule has 27 heavy (non-hydrogen) atoms. The van der Waals surface area contributed by atoms with Gasteiger partial charge in [0.05, 0.1) is 4.90 Å². The molecule has 5 heteroatoms. The van der Waals surface area contributed by atoms with E-state index in [0.29, 0.717) is 11.1 Å². The highest BCUT2D eigenvalue weighted by Gasteiger charge is 2.29. The van der Waals surface area contributed by atoms with E-state index in [-0.39, 0.29) is 4.90 Å². The molecule has 0 amide bonds. The number of hydrogen-bond acceptors (Lipinski definition) is 4. The molecule has 3 aromatic carbocycles. The van der Waals surface area contributed by atoms with E-state index in [4.69, 9.17) is 4.18 Å². The predicted molar refractivity (Wildman–Crippen MR) is 105 cm³/mol. The minimum absolute atomic E-state index is 0.0186. The lowest BCUT2D eigenvalue weighted by atomic mass is 10.0. The lowest BCUT2D eigenvalue weighted by Gasteiger charge is -2.17. The number of benzene rings is 3. The summed E-state index contributed by atoms with van der Waals surface area (Å²) < 4.78 is 30.9. The Morgan fingerprint density at radius 2 is 1.41 bits per heavy atom. The highest BCUT2D eigenvalue weighted by atomic mass is 32.2. The molecule has 0 heterocycles. The fraction of sp³-hybridized carbons (Fsp3) is 0.0455. The minimum Gasteiger partial charge on any atom is -0.291 e. The van der Waals surface area contributed by atoms with Crippen molar-refractivity contribution in [3.63, 3.8) is 0 Å². The molecule has 3 aromatic rings. The third kappa shape index (κ3) is 4.39. The maximum Gasteiger partial charge on any atom is 0.298 e. The van der Waals surface area contributed by atoms with Crippen molar-refractivity contribution in [2.24, 2.45) is 0 Å². The average molecular weight is 378 g/mol. The Hall–Kier alpha value is -3.02. The van der Waals surface area contributed by atoms with E-state index in [1.807, 2.05) is 0 Å². The molecule has 0 aromatic heterocycles. The smallest absolute Gasteiger partial charge is 0.291 e. The largest absolute Gasteiger partial charge is 0.298 e. The van der Waals surface area contributed by atoms with Crippen LogP contribution in [0.2, 0.25) is 0 Å². The maximum absolute atomic E-state index is 13.0. The highest BCUT2D eigenvalue weighted by Crippen LogP contribution is 2.27. The van der Waals surface area contributed by atoms with Gasteiger partial charge in [-0.15, -0.1) is 0 Å². The summed E-state index contributed by atoms with van der Waals surface area (Å²) in [6.45, 7) is 3.64. The molecule has 0 aliphatic rings. The molecule has 1 atom stereocenters. The van der Waals surface area contributed by atoms with Gasteiger partial charge in [-0.25, -0.2) is 4.18 Å². The molecular formula is C22H18O4S. The van der Waals surface area contributed by atoms with E-state index in [1.165, 1.54) is 12.1 Å². The summed E-state index contributed by atoms with van der Waals surface area (Å²) in [4.78, 5) is 12.9. The van der Waals surface area contributed by atoms with Gasteiger partial charge in [0, 0.05) is 5.56 Å². The minimum atomic E-state index is -4.14. The van der Waals surface area contributed by atoms with Crippen LogP contribution < -0.4 is 0 Å². The molecule has 0 aliphatic heterocycles. The quantitative estimate of drug-likeness (QED) is 0.443. The van der Waals surface area contributed by atoms with Crippen molar-refractivity contribution in [3.05, 3.63) is 108 Å². The SMILES string of the molecule is C=Cc1ccc(S(=O)(=O)OC(C(=O)c2ccccc2)c2ccccc2)cc1. The summed E-state index contributed by atoms with van der Waals surface area (Å²) in [5, 5.41) is 0. The third-order valence-electron chi connectivity index (χ3n) is 4.03. The second-order valence-electron chi connectivity index (χ2n) is 5.84. The summed E-state index contributed by atoms with van der Waals surface area (Å²) in [5.41, 5.74) is 1.63. The Morgan fingerprint density at radius 3 is 1.96 bits per heavy atom. The first kappa shape index (κ1) is 18.8. The van der Waals surface area contributed by atoms with Crippen molar-refractivity contribution in [1.82, 2.24) is 0 Å². The number of Topliss-reactive ketones (excluding diaryl/α,β-unsaturated/α-hetero) is 1. The number of hydrogen-bond donors (Lipinski definition) is 0. The molecule has 0 saturated carbocycles. The Morgan fingerprint density at radius 1 is 0.852 bits per heavy atom. The number of carbonyl (C=O) groups excluding carboxylic acids is 1. The highest BCUT2D eigenvalue weighted by molar-refractivity contribution is 7.86. The van der Waals surface area contributed by atoms with Gasteiger partial charge in [0.2, 0.25) is 0 Å². The van der Waals surface area contributed by atoms with Crippen LogP contribution in [0.15, 0.2) is 96.4 Å². The molecule has 0 bridgehead atoms. The molecular weight excluding hydrogens is 360 g/mol. The van der Waals surface area contributed by atoms with Crippen molar-refractivity contribution in [2.75, 3.05) is 0 Å². The van der Waals surface area contributed by atoms with E-state index in [1.54, 1.807) is 78.9 Å². The molecule has 0 N–H and O–H groups in total. The van der Waals surface area contributed by atoms with Gasteiger partial charge >= 0.3 is 0 Å². The maximum atomic E-state index is 13.0. The van der Waals surface area contributed by atoms with Crippen LogP contribution in [0.3, 0.4) is 0 Å². The van der Waals surface area contributed by atoms with E-state index in [0.717, 1.165) is 5.56 Å². The molecule has 0 fully saturated rings. The molecule has 0 aliphatic carbocycles. The summed E-state index contributed by atoms with van der Waals surface area (Å²) in [6.07, 6.45) is 0.348. The van der Waals surface area contributed by atoms with Crippen LogP contribution in [0.4, 0.5) is 0 Å². The fourth-order valence-corrected chi connectivity index (χ4v) is 3.62. The van der Waals surface area contributed by atoms with E-state index in [2.05, 4.69) is 6.58 Å². The van der Waals surface area contributed by atoms with Gasteiger partial charge in [-0.2, -0.15) is 8.42 Å². The lowest BCUT2D eigenvalue weighted by Crippen LogP contribution is -2.20. The second-order valence-corrected chi connectivity index (χ2v) is 7.42. The van der Waals surface area contributed by atoms with Crippen molar-refractivity contribution in [2.45, 2.75) is 11.0 Å². The van der Waals surface area contributed by atoms with Crippen LogP contribution in [0, 0.1) is 0 Å². The fourth-order valence-electron chi connectivity index (χ4n) is 2.59. The molecule has 0 spiro atoms. The first-order valence-corrected chi connectivity index (χ1v) is 9.72. The molecule has 4 nitrogen and oxygen atoms in total. The zero-order valence-corrected chi connectivity index (χ0v) is 15.3. The van der Waals surface area contributed by atoms with E-state index < -0.39 is 22.0 Å². The first-order chi connectivity index (χ1) is 13.0. The first-order valence-electron chi connectivity index (χ1n) is 8.31. The van der Waals surface area contributed by atoms with Crippen molar-refractivity contribution >= 4 is 22.0 Å². The van der Waals surface area contributed by atoms with Gasteiger partial charge in [-0.1, -0.05) is 85.5 Å². The summed E-state index contributed by atoms with van der Waals surface area (Å²) in [7, 11) is -4.14. The number of ketones is 1. The zero-order chi connectivity index (χ0) is 19.3. The Kier molecular flexibility index (Phi) is 5.64. The van der Waals surface area contributed by atoms with Crippen LogP contribution in [0.5, 0.6) is 0 Å². The third-order valence-corrected chi connectivity index (χ3v) is 5.32. The summed E-state index contributed by atoms with van der Waals surface area (Å²) >= 11 is 0. The van der Waals surface area contributed by atoms with Gasteiger partial charge in [0.25, 0.3) is 10.1 Å². The van der Waals surface area contributed by atoms with E-state index >= 15 is 0 Å². The lowest BCUT2D eigenvalue weighted by molar-refractivity contribution is 0.0801. The number of carbonyl (C=O) groups is 1. The van der Waals surface area contributed by atoms with Crippen LogP contribution >= 0.6 is 0 Å². The Balaban J connectivity index is 1.98. The van der Waals surface area contributed by atoms with E-state index in [9.17, 15) is 13.2 Å². The predicted octanol–water partition coefficient (Wildman–Crippen LogP) is 4.66. The molecule has 0 saturated heterocycles. The number of rotatable bonds is 7. The topological polar surface area (TPSA) is 60.4 Å². The van der Waals surface area contributed by atoms with Crippen LogP contribution in [0.25, 0.3) is 6.08 Å². The molecule has 136 valence electrons. The summed E-state index contributed by atoms with van der Waals surface area (Å²) in [6, 6.07) is 23.2. The second kappa shape index (κ2) is 8.12. The summed E-state index contributed by atoms with van der Waals surface area (Å²) in [5.74, 6) is -0.423. The van der Waals surface area contributed by atoms with Crippen LogP contribution in [-0.2, 0) is 14.3 Å². The Bertz CT molecular complexity index is 1020. The zero-order valence-electron chi connectivity index (χ0n) is 14.5. The molecule has 0 radical (unpaired) electrons. The van der Waals surface area contributed by atoms with Gasteiger partial charge < -0.3 is 0 Å². The van der Waals surface area contributed by atoms with Gasteiger partial charge in [-0.05, 0) is 23.3 Å². The standard InChI is InChI=1S/C22H18O4S/c1-2-17-13-15-20(16-14-17)27(24,25)26-22(19-11-7-4-8-12-19)21(23)18-9-5-3-6-10-18/h2-16,22H,1H2. The average Bonchev–Trinajstić information content (AvgIpc) is 2.73. The van der Waals surface area contributed by atoms with Gasteiger partial charge in [0.15, 0.2) is 11.9 Å².